The zero-order chi connectivity index (χ0) is 31.5. The minimum atomic E-state index is -2.70. The summed E-state index contributed by atoms with van der Waals surface area (Å²) in [4.78, 5) is 43.1. The van der Waals surface area contributed by atoms with Crippen LogP contribution in [0.5, 0.6) is 11.5 Å². The fourth-order valence-electron chi connectivity index (χ4n) is 6.61. The van der Waals surface area contributed by atoms with Crippen LogP contribution in [0.2, 0.25) is 0 Å². The van der Waals surface area contributed by atoms with E-state index in [1.54, 1.807) is 70.5 Å². The van der Waals surface area contributed by atoms with Gasteiger partial charge in [0.2, 0.25) is 5.78 Å². The van der Waals surface area contributed by atoms with E-state index in [1.165, 1.54) is 4.90 Å². The molecule has 4 unspecified atom stereocenters. The minimum absolute atomic E-state index is 0.0123. The number of nitrogens with two attached hydrogens (primary N) is 1. The number of benzene rings is 2. The molecule has 0 bridgehead atoms. The molecule has 5 rings (SSSR count). The fourth-order valence-corrected chi connectivity index (χ4v) is 6.61. The summed E-state index contributed by atoms with van der Waals surface area (Å²) < 4.78 is 5.17. The number of hydrogen-bond donors (Lipinski definition) is 5. The predicted octanol–water partition coefficient (Wildman–Crippen LogP) is 1.59. The third kappa shape index (κ3) is 4.42. The van der Waals surface area contributed by atoms with Crippen LogP contribution in [0.25, 0.3) is 0 Å². The fraction of sp³-hybridized carbons (Fsp3) is 0.344. The number of carbonyl (C=O) groups is 3. The van der Waals surface area contributed by atoms with E-state index in [9.17, 15) is 34.8 Å². The maximum absolute atomic E-state index is 14.1. The second-order valence-corrected chi connectivity index (χ2v) is 11.5. The van der Waals surface area contributed by atoms with Gasteiger partial charge in [-0.25, -0.2) is 0 Å². The number of anilines is 1. The summed E-state index contributed by atoms with van der Waals surface area (Å²) in [6.07, 6.45) is 0.195. The van der Waals surface area contributed by atoms with Gasteiger partial charge in [0.25, 0.3) is 5.91 Å². The van der Waals surface area contributed by atoms with Gasteiger partial charge in [0, 0.05) is 36.8 Å². The molecule has 11 heteroatoms. The molecule has 1 amide bonds. The first-order chi connectivity index (χ1) is 20.2. The first kappa shape index (κ1) is 29.7. The average Bonchev–Trinajstić information content (AvgIpc) is 2.94. The van der Waals surface area contributed by atoms with Gasteiger partial charge in [0.1, 0.15) is 28.6 Å². The lowest BCUT2D eigenvalue weighted by atomic mass is 9.58. The molecular formula is C32H33N3O8. The highest BCUT2D eigenvalue weighted by molar-refractivity contribution is 6.25. The van der Waals surface area contributed by atoms with Crippen molar-refractivity contribution in [3.8, 4) is 23.3 Å². The summed E-state index contributed by atoms with van der Waals surface area (Å²) in [5, 5.41) is 45.6. The molecule has 0 aromatic heterocycles. The Hall–Kier alpha value is -4.79. The number of hydrogen-bond acceptors (Lipinski definition) is 10. The molecule has 6 N–H and O–H groups in total. The van der Waals surface area contributed by atoms with Crippen LogP contribution < -0.4 is 15.4 Å². The van der Waals surface area contributed by atoms with Crippen molar-refractivity contribution in [2.45, 2.75) is 24.5 Å². The molecule has 0 saturated heterocycles. The van der Waals surface area contributed by atoms with Crippen molar-refractivity contribution >= 4 is 23.2 Å². The Labute approximate surface area is 248 Å². The number of methoxy groups -OCH3 is 1. The molecule has 0 saturated carbocycles. The van der Waals surface area contributed by atoms with E-state index in [0.29, 0.717) is 22.6 Å². The van der Waals surface area contributed by atoms with Crippen molar-refractivity contribution in [3.63, 3.8) is 0 Å². The molecule has 11 nitrogen and oxygen atoms in total. The van der Waals surface area contributed by atoms with Crippen LogP contribution in [0.4, 0.5) is 5.69 Å². The predicted molar refractivity (Wildman–Crippen MR) is 157 cm³/mol. The van der Waals surface area contributed by atoms with E-state index in [-0.39, 0.29) is 29.5 Å². The van der Waals surface area contributed by atoms with E-state index in [1.807, 2.05) is 0 Å². The summed E-state index contributed by atoms with van der Waals surface area (Å²) in [6, 6.07) is 7.62. The maximum atomic E-state index is 14.1. The van der Waals surface area contributed by atoms with Crippen molar-refractivity contribution in [1.29, 1.82) is 0 Å². The van der Waals surface area contributed by atoms with Crippen molar-refractivity contribution in [2.24, 2.45) is 17.6 Å². The number of ketones is 2. The Bertz CT molecular complexity index is 1690. The Kier molecular flexibility index (Phi) is 7.24. The summed E-state index contributed by atoms with van der Waals surface area (Å²) >= 11 is 0. The zero-order valence-electron chi connectivity index (χ0n) is 24.4. The number of amides is 1. The number of aromatic hydroxyl groups is 1. The van der Waals surface area contributed by atoms with Gasteiger partial charge in [0.15, 0.2) is 11.4 Å². The summed E-state index contributed by atoms with van der Waals surface area (Å²) in [7, 11) is 8.30. The first-order valence-corrected chi connectivity index (χ1v) is 13.6. The molecule has 2 aromatic carbocycles. The Morgan fingerprint density at radius 1 is 1.07 bits per heavy atom. The van der Waals surface area contributed by atoms with Gasteiger partial charge in [-0.2, -0.15) is 0 Å². The highest BCUT2D eigenvalue weighted by Gasteiger charge is 2.63. The molecule has 0 radical (unpaired) electrons. The highest BCUT2D eigenvalue weighted by Crippen LogP contribution is 2.53. The Morgan fingerprint density at radius 2 is 1.72 bits per heavy atom. The van der Waals surface area contributed by atoms with E-state index in [0.717, 1.165) is 0 Å². The number of allylic oxidation sites excluding steroid dienone is 1. The number of rotatable bonds is 4. The SMILES string of the molecule is COc1ccc(C#Cc2cc(N(C)C)c3c(c2O)C(=O)C2=C(O)C4(O)C(=O)C(C(N)=O)=C(O)C(N(C)C)C4CC2C3)cc1. The van der Waals surface area contributed by atoms with E-state index in [2.05, 4.69) is 11.8 Å². The Morgan fingerprint density at radius 3 is 2.28 bits per heavy atom. The van der Waals surface area contributed by atoms with Crippen LogP contribution >= 0.6 is 0 Å². The average molecular weight is 588 g/mol. The summed E-state index contributed by atoms with van der Waals surface area (Å²) in [6.45, 7) is 0. The van der Waals surface area contributed by atoms with Crippen LogP contribution in [-0.4, -0.2) is 89.7 Å². The van der Waals surface area contributed by atoms with Crippen molar-refractivity contribution in [2.75, 3.05) is 40.2 Å². The lowest BCUT2D eigenvalue weighted by molar-refractivity contribution is -0.148. The van der Waals surface area contributed by atoms with Gasteiger partial charge in [-0.3, -0.25) is 19.3 Å². The third-order valence-corrected chi connectivity index (χ3v) is 8.61. The molecule has 4 atom stereocenters. The van der Waals surface area contributed by atoms with Crippen molar-refractivity contribution in [1.82, 2.24) is 4.90 Å². The Balaban J connectivity index is 1.68. The number of Topliss-reactive ketones (excluding diaryl/α,β-unsaturated/α-hetero) is 2. The quantitative estimate of drug-likeness (QED) is 0.261. The van der Waals surface area contributed by atoms with Gasteiger partial charge in [-0.1, -0.05) is 11.8 Å². The molecule has 43 heavy (non-hydrogen) atoms. The molecule has 3 aliphatic carbocycles. The maximum Gasteiger partial charge on any atom is 0.255 e. The molecule has 0 heterocycles. The molecule has 2 aromatic rings. The monoisotopic (exact) mass is 587 g/mol. The number of carbonyl (C=O) groups excluding carboxylic acids is 3. The summed E-state index contributed by atoms with van der Waals surface area (Å²) in [5.41, 5.74) is 3.50. The van der Waals surface area contributed by atoms with Gasteiger partial charge in [0.05, 0.1) is 24.3 Å². The standard InChI is InChI=1S/C32H33N3O8/c1-34(2)21-14-16(9-6-15-7-10-18(43-5)11-8-15)26(36)23-19(21)12-17-13-20-25(35(3)4)28(38)24(31(33)41)30(40)32(20,42)29(39)22(17)27(23)37/h7-8,10-11,14,17,20,25,36,38-39,42H,12-13H2,1-5H3,(H2,33,41). The number of nitrogens with zero attached hydrogens (tertiary/aromatic N) is 2. The van der Waals surface area contributed by atoms with Crippen molar-refractivity contribution in [3.05, 3.63) is 75.3 Å². The third-order valence-electron chi connectivity index (χ3n) is 8.61. The largest absolute Gasteiger partial charge is 0.510 e. The molecule has 0 fully saturated rings. The first-order valence-electron chi connectivity index (χ1n) is 13.6. The summed E-state index contributed by atoms with van der Waals surface area (Å²) in [5.74, 6) is -0.430. The topological polar surface area (TPSA) is 174 Å². The number of phenolic OH excluding ortho intramolecular Hbond substituents is 1. The van der Waals surface area contributed by atoms with Crippen LogP contribution in [0, 0.1) is 23.7 Å². The van der Waals surface area contributed by atoms with Crippen LogP contribution in [-0.2, 0) is 16.0 Å². The van der Waals surface area contributed by atoms with E-state index in [4.69, 9.17) is 10.5 Å². The molecule has 0 aliphatic heterocycles. The lowest BCUT2D eigenvalue weighted by Crippen LogP contribution is -2.63. The van der Waals surface area contributed by atoms with Gasteiger partial charge < -0.3 is 35.8 Å². The minimum Gasteiger partial charge on any atom is -0.510 e. The van der Waals surface area contributed by atoms with E-state index >= 15 is 0 Å². The number of aliphatic hydroxyl groups excluding tert-OH is 2. The number of fused-ring (bicyclic) bond motifs is 3. The zero-order valence-corrected chi connectivity index (χ0v) is 24.4. The second-order valence-electron chi connectivity index (χ2n) is 11.5. The second kappa shape index (κ2) is 10.5. The van der Waals surface area contributed by atoms with Crippen LogP contribution in [0.3, 0.4) is 0 Å². The van der Waals surface area contributed by atoms with Crippen LogP contribution in [0.1, 0.15) is 33.5 Å². The lowest BCUT2D eigenvalue weighted by Gasteiger charge is -2.50. The van der Waals surface area contributed by atoms with E-state index < -0.39 is 63.8 Å². The highest BCUT2D eigenvalue weighted by atomic mass is 16.5. The number of phenols is 1. The smallest absolute Gasteiger partial charge is 0.255 e. The molecule has 3 aliphatic rings. The molecular weight excluding hydrogens is 554 g/mol. The van der Waals surface area contributed by atoms with Crippen molar-refractivity contribution < 1.29 is 39.5 Å². The van der Waals surface area contributed by atoms with Crippen LogP contribution in [0.15, 0.2) is 53.0 Å². The number of primary amides is 1. The molecule has 0 spiro atoms. The number of aliphatic hydroxyl groups is 3. The van der Waals surface area contributed by atoms with Gasteiger partial charge in [-0.15, -0.1) is 0 Å². The van der Waals surface area contributed by atoms with Gasteiger partial charge >= 0.3 is 0 Å². The normalized spacial score (nSPS) is 24.6. The molecule has 224 valence electrons. The number of ether oxygens (including phenoxy) is 1. The number of likely N-dealkylation sites (N-methyl/N-ethyl adjacent to an activating group) is 1. The van der Waals surface area contributed by atoms with Gasteiger partial charge in [-0.05, 0) is 68.8 Å².